The van der Waals surface area contributed by atoms with Crippen LogP contribution in [0.4, 0.5) is 34.1 Å². The van der Waals surface area contributed by atoms with Crippen molar-refractivity contribution in [3.63, 3.8) is 0 Å². The molecule has 0 aromatic heterocycles. The first kappa shape index (κ1) is 30.7. The summed E-state index contributed by atoms with van der Waals surface area (Å²) < 4.78 is 0. The molecule has 2 heteroatoms. The van der Waals surface area contributed by atoms with Gasteiger partial charge in [0.1, 0.15) is 0 Å². The van der Waals surface area contributed by atoms with Crippen molar-refractivity contribution in [1.29, 1.82) is 0 Å². The van der Waals surface area contributed by atoms with Crippen LogP contribution >= 0.6 is 0 Å². The second kappa shape index (κ2) is 12.5. The standard InChI is InChI=1S/C49H38N2/c1-49(2)45-33-39(35-15-7-3-8-16-35)26-29-47(45)51(43-21-13-6-14-22-43)48-30-27-40(34-46(48)49)36-23-24-38-32-44(28-25-37(38)31-36)50(41-17-9-4-10-18-41)42-19-11-5-12-20-42/h3-34H,1-2H3. The van der Waals surface area contributed by atoms with Gasteiger partial charge in [-0.3, -0.25) is 0 Å². The minimum absolute atomic E-state index is 0.221. The first-order valence-corrected chi connectivity index (χ1v) is 17.7. The van der Waals surface area contributed by atoms with Gasteiger partial charge in [0.15, 0.2) is 0 Å². The van der Waals surface area contributed by atoms with Crippen LogP contribution in [-0.4, -0.2) is 0 Å². The average molecular weight is 655 g/mol. The van der Waals surface area contributed by atoms with Crippen LogP contribution in [0.5, 0.6) is 0 Å². The summed E-state index contributed by atoms with van der Waals surface area (Å²) in [5.41, 5.74) is 14.4. The zero-order valence-corrected chi connectivity index (χ0v) is 28.9. The molecule has 51 heavy (non-hydrogen) atoms. The van der Waals surface area contributed by atoms with Crippen molar-refractivity contribution in [3.05, 3.63) is 205 Å². The Kier molecular flexibility index (Phi) is 7.51. The number of nitrogens with zero attached hydrogens (tertiary/aromatic N) is 2. The molecule has 1 aliphatic heterocycles. The van der Waals surface area contributed by atoms with Gasteiger partial charge in [-0.15, -0.1) is 0 Å². The molecular weight excluding hydrogens is 617 g/mol. The fourth-order valence-electron chi connectivity index (χ4n) is 7.74. The normalized spacial score (nSPS) is 13.0. The zero-order valence-electron chi connectivity index (χ0n) is 28.9. The lowest BCUT2D eigenvalue weighted by molar-refractivity contribution is 0.632. The Morgan fingerprint density at radius 1 is 0.373 bits per heavy atom. The molecule has 0 N–H and O–H groups in total. The lowest BCUT2D eigenvalue weighted by Gasteiger charge is -2.42. The molecule has 0 saturated carbocycles. The van der Waals surface area contributed by atoms with Crippen molar-refractivity contribution in [1.82, 2.24) is 0 Å². The molecule has 8 aromatic carbocycles. The molecule has 0 aliphatic carbocycles. The Morgan fingerprint density at radius 2 is 0.824 bits per heavy atom. The van der Waals surface area contributed by atoms with Gasteiger partial charge < -0.3 is 9.80 Å². The van der Waals surface area contributed by atoms with E-state index in [-0.39, 0.29) is 5.41 Å². The van der Waals surface area contributed by atoms with E-state index in [1.165, 1.54) is 55.5 Å². The number of benzene rings is 8. The molecule has 1 heterocycles. The third kappa shape index (κ3) is 5.46. The van der Waals surface area contributed by atoms with E-state index in [1.807, 2.05) is 0 Å². The fourth-order valence-corrected chi connectivity index (χ4v) is 7.74. The molecule has 0 bridgehead atoms. The molecule has 2 nitrogen and oxygen atoms in total. The molecule has 1 aliphatic rings. The zero-order chi connectivity index (χ0) is 34.4. The van der Waals surface area contributed by atoms with Crippen LogP contribution in [0.1, 0.15) is 25.0 Å². The molecular formula is C49H38N2. The summed E-state index contributed by atoms with van der Waals surface area (Å²) >= 11 is 0. The van der Waals surface area contributed by atoms with Crippen molar-refractivity contribution in [3.8, 4) is 22.3 Å². The predicted octanol–water partition coefficient (Wildman–Crippen LogP) is 13.8. The SMILES string of the molecule is CC1(C)c2cc(-c3ccccc3)ccc2N(c2ccccc2)c2ccc(-c3ccc4cc(N(c5ccccc5)c5ccccc5)ccc4c3)cc21. The van der Waals surface area contributed by atoms with Crippen LogP contribution < -0.4 is 9.80 Å². The number of hydrogen-bond acceptors (Lipinski definition) is 2. The summed E-state index contributed by atoms with van der Waals surface area (Å²) in [7, 11) is 0. The van der Waals surface area contributed by atoms with Gasteiger partial charge in [0.2, 0.25) is 0 Å². The lowest BCUT2D eigenvalue weighted by atomic mass is 9.72. The largest absolute Gasteiger partial charge is 0.310 e. The van der Waals surface area contributed by atoms with Gasteiger partial charge in [0, 0.05) is 28.2 Å². The Bertz CT molecular complexity index is 2450. The van der Waals surface area contributed by atoms with E-state index in [9.17, 15) is 0 Å². The summed E-state index contributed by atoms with van der Waals surface area (Å²) in [6, 6.07) is 70.3. The molecule has 0 unspecified atom stereocenters. The van der Waals surface area contributed by atoms with E-state index in [0.29, 0.717) is 0 Å². The molecule has 0 atom stereocenters. The lowest BCUT2D eigenvalue weighted by Crippen LogP contribution is -2.30. The molecule has 0 spiro atoms. The van der Waals surface area contributed by atoms with Crippen LogP contribution in [0.2, 0.25) is 0 Å². The van der Waals surface area contributed by atoms with E-state index in [0.717, 1.165) is 22.7 Å². The average Bonchev–Trinajstić information content (AvgIpc) is 3.19. The van der Waals surface area contributed by atoms with Gasteiger partial charge in [-0.2, -0.15) is 0 Å². The number of anilines is 6. The van der Waals surface area contributed by atoms with Crippen LogP contribution in [0, 0.1) is 0 Å². The summed E-state index contributed by atoms with van der Waals surface area (Å²) in [6.45, 7) is 4.75. The van der Waals surface area contributed by atoms with E-state index >= 15 is 0 Å². The maximum absolute atomic E-state index is 2.43. The van der Waals surface area contributed by atoms with Gasteiger partial charge in [-0.25, -0.2) is 0 Å². The van der Waals surface area contributed by atoms with Crippen molar-refractivity contribution in [2.45, 2.75) is 19.3 Å². The van der Waals surface area contributed by atoms with E-state index in [4.69, 9.17) is 0 Å². The molecule has 0 saturated heterocycles. The minimum atomic E-state index is -0.221. The third-order valence-electron chi connectivity index (χ3n) is 10.4. The van der Waals surface area contributed by atoms with Gasteiger partial charge in [-0.1, -0.05) is 129 Å². The van der Waals surface area contributed by atoms with Gasteiger partial charge in [-0.05, 0) is 123 Å². The summed E-state index contributed by atoms with van der Waals surface area (Å²) in [5, 5.41) is 2.43. The molecule has 0 radical (unpaired) electrons. The molecule has 0 fully saturated rings. The highest BCUT2D eigenvalue weighted by Crippen LogP contribution is 2.53. The molecule has 0 amide bonds. The van der Waals surface area contributed by atoms with Crippen LogP contribution in [0.15, 0.2) is 194 Å². The highest BCUT2D eigenvalue weighted by Gasteiger charge is 2.37. The van der Waals surface area contributed by atoms with E-state index in [2.05, 4.69) is 218 Å². The van der Waals surface area contributed by atoms with Gasteiger partial charge in [0.25, 0.3) is 0 Å². The Balaban J connectivity index is 1.13. The monoisotopic (exact) mass is 654 g/mol. The molecule has 8 aromatic rings. The second-order valence-corrected chi connectivity index (χ2v) is 13.9. The number of rotatable bonds is 6. The number of para-hydroxylation sites is 3. The fraction of sp³-hybridized carbons (Fsp3) is 0.0612. The Morgan fingerprint density at radius 3 is 1.41 bits per heavy atom. The highest BCUT2D eigenvalue weighted by atomic mass is 15.2. The maximum atomic E-state index is 2.43. The van der Waals surface area contributed by atoms with Gasteiger partial charge in [0.05, 0.1) is 11.4 Å². The summed E-state index contributed by atoms with van der Waals surface area (Å²) in [5.74, 6) is 0. The van der Waals surface area contributed by atoms with Crippen molar-refractivity contribution >= 4 is 44.9 Å². The van der Waals surface area contributed by atoms with Crippen LogP contribution in [-0.2, 0) is 5.41 Å². The number of hydrogen-bond donors (Lipinski definition) is 0. The Hall–Kier alpha value is -6.38. The quantitative estimate of drug-likeness (QED) is 0.176. The van der Waals surface area contributed by atoms with Crippen molar-refractivity contribution in [2.24, 2.45) is 0 Å². The topological polar surface area (TPSA) is 6.48 Å². The molecule has 244 valence electrons. The predicted molar refractivity (Wildman–Crippen MR) is 216 cm³/mol. The first-order chi connectivity index (χ1) is 25.0. The smallest absolute Gasteiger partial charge is 0.0503 e. The van der Waals surface area contributed by atoms with Gasteiger partial charge >= 0.3 is 0 Å². The summed E-state index contributed by atoms with van der Waals surface area (Å²) in [6.07, 6.45) is 0. The van der Waals surface area contributed by atoms with Crippen molar-refractivity contribution < 1.29 is 0 Å². The van der Waals surface area contributed by atoms with E-state index in [1.54, 1.807) is 0 Å². The number of fused-ring (bicyclic) bond motifs is 3. The molecule has 9 rings (SSSR count). The second-order valence-electron chi connectivity index (χ2n) is 13.9. The first-order valence-electron chi connectivity index (χ1n) is 17.7. The van der Waals surface area contributed by atoms with Crippen LogP contribution in [0.3, 0.4) is 0 Å². The third-order valence-corrected chi connectivity index (χ3v) is 10.4. The maximum Gasteiger partial charge on any atom is 0.0503 e. The highest BCUT2D eigenvalue weighted by molar-refractivity contribution is 5.93. The summed E-state index contributed by atoms with van der Waals surface area (Å²) in [4.78, 5) is 4.75. The Labute approximate surface area is 300 Å². The van der Waals surface area contributed by atoms with Crippen molar-refractivity contribution in [2.75, 3.05) is 9.80 Å². The van der Waals surface area contributed by atoms with E-state index < -0.39 is 0 Å². The minimum Gasteiger partial charge on any atom is -0.310 e. The van der Waals surface area contributed by atoms with Crippen LogP contribution in [0.25, 0.3) is 33.0 Å².